The highest BCUT2D eigenvalue weighted by atomic mass is 16.4. The third kappa shape index (κ3) is 3.20. The number of fused-ring (bicyclic) bond motifs is 1. The first-order chi connectivity index (χ1) is 10.6. The summed E-state index contributed by atoms with van der Waals surface area (Å²) in [6.45, 7) is 1.06. The summed E-state index contributed by atoms with van der Waals surface area (Å²) < 4.78 is 5.52. The van der Waals surface area contributed by atoms with Gasteiger partial charge in [-0.3, -0.25) is 0 Å². The Morgan fingerprint density at radius 2 is 2.09 bits per heavy atom. The molecule has 0 N–H and O–H groups in total. The van der Waals surface area contributed by atoms with Gasteiger partial charge in [-0.05, 0) is 56.9 Å². The van der Waals surface area contributed by atoms with Gasteiger partial charge < -0.3 is 9.32 Å². The van der Waals surface area contributed by atoms with E-state index in [1.165, 1.54) is 0 Å². The monoisotopic (exact) mass is 295 g/mol. The van der Waals surface area contributed by atoms with Crippen molar-refractivity contribution in [3.05, 3.63) is 64.7 Å². The fourth-order valence-electron chi connectivity index (χ4n) is 2.81. The van der Waals surface area contributed by atoms with Crippen LogP contribution in [0.15, 0.2) is 57.8 Å². The molecule has 1 heterocycles. The van der Waals surface area contributed by atoms with Crippen molar-refractivity contribution in [3.8, 4) is 0 Å². The lowest BCUT2D eigenvalue weighted by molar-refractivity contribution is 0.373. The molecule has 0 saturated heterocycles. The maximum absolute atomic E-state index is 12.1. The van der Waals surface area contributed by atoms with Crippen LogP contribution in [0.25, 0.3) is 16.3 Å². The zero-order valence-electron chi connectivity index (χ0n) is 13.1. The molecule has 1 aromatic heterocycles. The highest BCUT2D eigenvalue weighted by Crippen LogP contribution is 2.27. The summed E-state index contributed by atoms with van der Waals surface area (Å²) in [4.78, 5) is 14.3. The van der Waals surface area contributed by atoms with Crippen LogP contribution in [0.3, 0.4) is 0 Å². The maximum Gasteiger partial charge on any atom is 0.344 e. The van der Waals surface area contributed by atoms with Crippen molar-refractivity contribution in [2.24, 2.45) is 5.92 Å². The zero-order chi connectivity index (χ0) is 15.5. The van der Waals surface area contributed by atoms with E-state index in [0.29, 0.717) is 17.1 Å². The predicted molar refractivity (Wildman–Crippen MR) is 90.9 cm³/mol. The third-order valence-electron chi connectivity index (χ3n) is 4.05. The lowest BCUT2D eigenvalue weighted by atomic mass is 9.92. The molecular formula is C19H21NO2. The molecule has 2 aromatic rings. The van der Waals surface area contributed by atoms with Crippen LogP contribution in [0, 0.1) is 5.92 Å². The topological polar surface area (TPSA) is 33.5 Å². The van der Waals surface area contributed by atoms with Gasteiger partial charge in [0, 0.05) is 5.57 Å². The Bertz CT molecular complexity index is 783. The molecule has 1 atom stereocenters. The molecule has 0 spiro atoms. The van der Waals surface area contributed by atoms with Crippen molar-refractivity contribution in [2.45, 2.75) is 12.8 Å². The zero-order valence-corrected chi connectivity index (χ0v) is 13.1. The minimum absolute atomic E-state index is 0.266. The van der Waals surface area contributed by atoms with Crippen LogP contribution < -0.4 is 5.63 Å². The molecule has 114 valence electrons. The second kappa shape index (κ2) is 6.32. The summed E-state index contributed by atoms with van der Waals surface area (Å²) in [6.07, 6.45) is 8.62. The third-order valence-corrected chi connectivity index (χ3v) is 4.05. The number of nitrogens with zero attached hydrogens (tertiary/aromatic N) is 1. The van der Waals surface area contributed by atoms with Crippen molar-refractivity contribution in [3.63, 3.8) is 0 Å². The quantitative estimate of drug-likeness (QED) is 0.862. The lowest BCUT2D eigenvalue weighted by Gasteiger charge is -2.18. The van der Waals surface area contributed by atoms with Crippen LogP contribution in [0.4, 0.5) is 0 Å². The van der Waals surface area contributed by atoms with E-state index in [9.17, 15) is 4.79 Å². The van der Waals surface area contributed by atoms with E-state index in [2.05, 4.69) is 37.2 Å². The Morgan fingerprint density at radius 1 is 1.27 bits per heavy atom. The van der Waals surface area contributed by atoms with Gasteiger partial charge in [-0.25, -0.2) is 4.79 Å². The van der Waals surface area contributed by atoms with E-state index in [0.717, 1.165) is 30.3 Å². The Labute approximate surface area is 130 Å². The van der Waals surface area contributed by atoms with E-state index in [1.54, 1.807) is 6.07 Å². The van der Waals surface area contributed by atoms with Crippen LogP contribution in [0.1, 0.15) is 18.6 Å². The molecule has 1 aromatic carbocycles. The van der Waals surface area contributed by atoms with Crippen LogP contribution >= 0.6 is 0 Å². The molecule has 3 rings (SSSR count). The van der Waals surface area contributed by atoms with Crippen LogP contribution in [-0.2, 0) is 0 Å². The van der Waals surface area contributed by atoms with Gasteiger partial charge in [-0.2, -0.15) is 0 Å². The molecule has 0 radical (unpaired) electrons. The maximum atomic E-state index is 12.1. The van der Waals surface area contributed by atoms with Gasteiger partial charge in [-0.15, -0.1) is 0 Å². The number of hydrogen-bond donors (Lipinski definition) is 0. The SMILES string of the molecule is CN(C)CCC1C=C(c2cc3ccccc3c(=O)o2)C=CC1. The Hall–Kier alpha value is -2.13. The molecule has 1 unspecified atom stereocenters. The minimum Gasteiger partial charge on any atom is -0.422 e. The highest BCUT2D eigenvalue weighted by molar-refractivity contribution is 5.84. The summed E-state index contributed by atoms with van der Waals surface area (Å²) in [6, 6.07) is 9.51. The summed E-state index contributed by atoms with van der Waals surface area (Å²) in [5.74, 6) is 1.16. The van der Waals surface area contributed by atoms with E-state index in [1.807, 2.05) is 24.3 Å². The Kier molecular flexibility index (Phi) is 4.25. The molecule has 0 saturated carbocycles. The lowest BCUT2D eigenvalue weighted by Crippen LogP contribution is -2.16. The highest BCUT2D eigenvalue weighted by Gasteiger charge is 2.14. The van der Waals surface area contributed by atoms with Gasteiger partial charge in [0.05, 0.1) is 5.39 Å². The molecule has 1 aliphatic rings. The average Bonchev–Trinajstić information content (AvgIpc) is 2.53. The number of benzene rings is 1. The summed E-state index contributed by atoms with van der Waals surface area (Å²) in [7, 11) is 4.18. The molecular weight excluding hydrogens is 274 g/mol. The van der Waals surface area contributed by atoms with Gasteiger partial charge in [0.25, 0.3) is 0 Å². The second-order valence-corrected chi connectivity index (χ2v) is 6.10. The van der Waals surface area contributed by atoms with Crippen LogP contribution in [-0.4, -0.2) is 25.5 Å². The Morgan fingerprint density at radius 3 is 2.91 bits per heavy atom. The molecule has 3 nitrogen and oxygen atoms in total. The number of allylic oxidation sites excluding steroid dienone is 4. The molecule has 0 bridgehead atoms. The summed E-state index contributed by atoms with van der Waals surface area (Å²) >= 11 is 0. The first-order valence-corrected chi connectivity index (χ1v) is 7.70. The smallest absolute Gasteiger partial charge is 0.344 e. The second-order valence-electron chi connectivity index (χ2n) is 6.10. The molecule has 0 amide bonds. The van der Waals surface area contributed by atoms with Gasteiger partial charge in [0.1, 0.15) is 5.76 Å². The predicted octanol–water partition coefficient (Wildman–Crippen LogP) is 3.70. The van der Waals surface area contributed by atoms with Gasteiger partial charge in [0.15, 0.2) is 0 Å². The fraction of sp³-hybridized carbons (Fsp3) is 0.316. The normalized spacial score (nSPS) is 18.0. The number of hydrogen-bond acceptors (Lipinski definition) is 3. The fourth-order valence-corrected chi connectivity index (χ4v) is 2.81. The Balaban J connectivity index is 1.92. The largest absolute Gasteiger partial charge is 0.422 e. The van der Waals surface area contributed by atoms with Gasteiger partial charge in [0.2, 0.25) is 0 Å². The molecule has 3 heteroatoms. The van der Waals surface area contributed by atoms with E-state index >= 15 is 0 Å². The number of rotatable bonds is 4. The van der Waals surface area contributed by atoms with Gasteiger partial charge >= 0.3 is 5.63 Å². The van der Waals surface area contributed by atoms with E-state index in [4.69, 9.17) is 4.42 Å². The van der Waals surface area contributed by atoms with Crippen molar-refractivity contribution >= 4 is 16.3 Å². The summed E-state index contributed by atoms with van der Waals surface area (Å²) in [5, 5.41) is 1.56. The standard InChI is InChI=1S/C19H21NO2/c1-20(2)11-10-14-6-5-8-16(12-14)18-13-15-7-3-4-9-17(15)19(21)22-18/h3-5,7-9,12-14H,6,10-11H2,1-2H3. The van der Waals surface area contributed by atoms with Gasteiger partial charge in [-0.1, -0.05) is 36.4 Å². The van der Waals surface area contributed by atoms with Crippen LogP contribution in [0.2, 0.25) is 0 Å². The van der Waals surface area contributed by atoms with Crippen molar-refractivity contribution < 1.29 is 4.42 Å². The van der Waals surface area contributed by atoms with Crippen LogP contribution in [0.5, 0.6) is 0 Å². The summed E-state index contributed by atoms with van der Waals surface area (Å²) in [5.41, 5.74) is 0.746. The van der Waals surface area contributed by atoms with Crippen molar-refractivity contribution in [2.75, 3.05) is 20.6 Å². The van der Waals surface area contributed by atoms with Crippen molar-refractivity contribution in [1.82, 2.24) is 4.90 Å². The first-order valence-electron chi connectivity index (χ1n) is 7.70. The first kappa shape index (κ1) is 14.8. The molecule has 1 aliphatic carbocycles. The molecule has 0 fully saturated rings. The minimum atomic E-state index is -0.266. The molecule has 22 heavy (non-hydrogen) atoms. The van der Waals surface area contributed by atoms with E-state index < -0.39 is 0 Å². The molecule has 0 aliphatic heterocycles. The average molecular weight is 295 g/mol. The van der Waals surface area contributed by atoms with E-state index in [-0.39, 0.29) is 5.63 Å². The van der Waals surface area contributed by atoms with Crippen molar-refractivity contribution in [1.29, 1.82) is 0 Å².